The Labute approximate surface area is 158 Å². The lowest BCUT2D eigenvalue weighted by Gasteiger charge is -2.29. The van der Waals surface area contributed by atoms with Gasteiger partial charge in [0.1, 0.15) is 6.04 Å². The molecule has 1 saturated heterocycles. The molecule has 3 N–H and O–H groups in total. The standard InChI is InChI=1S/C20H26N4O3/c1-23(17(9-21)12-5-6-12)10-13-3-2-4-14-15(13)11-24(20(14)27)16-7-8-18(25)22-19(16)26/h2-4,12,16-17H,5-11,21H2,1H3,(H,22,25,26). The van der Waals surface area contributed by atoms with Crippen molar-refractivity contribution in [2.75, 3.05) is 13.6 Å². The van der Waals surface area contributed by atoms with E-state index in [9.17, 15) is 14.4 Å². The lowest BCUT2D eigenvalue weighted by atomic mass is 10.0. The second-order valence-corrected chi connectivity index (χ2v) is 7.90. The summed E-state index contributed by atoms with van der Waals surface area (Å²) in [6.07, 6.45) is 3.13. The largest absolute Gasteiger partial charge is 0.329 e. The van der Waals surface area contributed by atoms with Crippen LogP contribution in [0.25, 0.3) is 0 Å². The van der Waals surface area contributed by atoms with Gasteiger partial charge in [-0.25, -0.2) is 0 Å². The second kappa shape index (κ2) is 7.05. The summed E-state index contributed by atoms with van der Waals surface area (Å²) in [6, 6.07) is 5.58. The minimum atomic E-state index is -0.573. The first-order valence-corrected chi connectivity index (χ1v) is 9.65. The van der Waals surface area contributed by atoms with Crippen molar-refractivity contribution in [2.45, 2.75) is 50.9 Å². The lowest BCUT2D eigenvalue weighted by Crippen LogP contribution is -2.52. The molecule has 0 spiro atoms. The van der Waals surface area contributed by atoms with Crippen molar-refractivity contribution >= 4 is 17.7 Å². The van der Waals surface area contributed by atoms with Gasteiger partial charge >= 0.3 is 0 Å². The molecule has 1 saturated carbocycles. The van der Waals surface area contributed by atoms with Crippen LogP contribution >= 0.6 is 0 Å². The topological polar surface area (TPSA) is 95.7 Å². The molecule has 1 aromatic rings. The highest BCUT2D eigenvalue weighted by Crippen LogP contribution is 2.36. The molecule has 1 aliphatic carbocycles. The maximum Gasteiger partial charge on any atom is 0.255 e. The van der Waals surface area contributed by atoms with E-state index in [-0.39, 0.29) is 24.1 Å². The third-order valence-corrected chi connectivity index (χ3v) is 6.07. The van der Waals surface area contributed by atoms with Crippen LogP contribution in [0.3, 0.4) is 0 Å². The van der Waals surface area contributed by atoms with Crippen molar-refractivity contribution < 1.29 is 14.4 Å². The Hall–Kier alpha value is -2.25. The molecule has 2 fully saturated rings. The molecule has 3 amide bonds. The van der Waals surface area contributed by atoms with Crippen LogP contribution in [0.5, 0.6) is 0 Å². The van der Waals surface area contributed by atoms with E-state index in [1.807, 2.05) is 12.1 Å². The van der Waals surface area contributed by atoms with Crippen molar-refractivity contribution in [2.24, 2.45) is 11.7 Å². The van der Waals surface area contributed by atoms with Gasteiger partial charge in [-0.3, -0.25) is 24.6 Å². The summed E-state index contributed by atoms with van der Waals surface area (Å²) in [6.45, 7) is 1.79. The van der Waals surface area contributed by atoms with Crippen LogP contribution in [0, 0.1) is 5.92 Å². The van der Waals surface area contributed by atoms with E-state index in [1.54, 1.807) is 4.90 Å². The van der Waals surface area contributed by atoms with E-state index in [0.29, 0.717) is 37.0 Å². The molecule has 3 aliphatic rings. The van der Waals surface area contributed by atoms with Gasteiger partial charge in [0.25, 0.3) is 5.91 Å². The summed E-state index contributed by atoms with van der Waals surface area (Å²) < 4.78 is 0. The summed E-state index contributed by atoms with van der Waals surface area (Å²) in [7, 11) is 2.09. The highest BCUT2D eigenvalue weighted by molar-refractivity contribution is 6.05. The highest BCUT2D eigenvalue weighted by Gasteiger charge is 2.40. The third-order valence-electron chi connectivity index (χ3n) is 6.07. The van der Waals surface area contributed by atoms with Crippen molar-refractivity contribution in [3.63, 3.8) is 0 Å². The first-order valence-electron chi connectivity index (χ1n) is 9.65. The normalized spacial score (nSPS) is 23.6. The van der Waals surface area contributed by atoms with E-state index >= 15 is 0 Å². The van der Waals surface area contributed by atoms with Crippen molar-refractivity contribution in [3.8, 4) is 0 Å². The lowest BCUT2D eigenvalue weighted by molar-refractivity contribution is -0.136. The number of carbonyl (C=O) groups is 3. The fourth-order valence-corrected chi connectivity index (χ4v) is 4.40. The first-order chi connectivity index (χ1) is 13.0. The average molecular weight is 370 g/mol. The van der Waals surface area contributed by atoms with E-state index in [0.717, 1.165) is 17.7 Å². The van der Waals surface area contributed by atoms with Gasteiger partial charge in [0.05, 0.1) is 0 Å². The molecule has 7 nitrogen and oxygen atoms in total. The van der Waals surface area contributed by atoms with E-state index in [1.165, 1.54) is 12.8 Å². The number of imide groups is 1. The van der Waals surface area contributed by atoms with E-state index in [4.69, 9.17) is 5.73 Å². The fourth-order valence-electron chi connectivity index (χ4n) is 4.40. The minimum Gasteiger partial charge on any atom is -0.329 e. The Balaban J connectivity index is 1.54. The van der Waals surface area contributed by atoms with Crippen molar-refractivity contribution in [3.05, 3.63) is 34.9 Å². The SMILES string of the molecule is CN(Cc1cccc2c1CN(C1CCC(=O)NC1=O)C2=O)C(CN)C1CC1. The smallest absolute Gasteiger partial charge is 0.255 e. The van der Waals surface area contributed by atoms with Crippen molar-refractivity contribution in [1.82, 2.24) is 15.1 Å². The van der Waals surface area contributed by atoms with Gasteiger partial charge < -0.3 is 10.6 Å². The zero-order valence-electron chi connectivity index (χ0n) is 15.6. The molecule has 2 aliphatic heterocycles. The maximum atomic E-state index is 12.9. The number of nitrogens with two attached hydrogens (primary N) is 1. The predicted molar refractivity (Wildman–Crippen MR) is 99.5 cm³/mol. The molecular weight excluding hydrogens is 344 g/mol. The fraction of sp³-hybridized carbons (Fsp3) is 0.550. The summed E-state index contributed by atoms with van der Waals surface area (Å²) in [5.41, 5.74) is 8.74. The van der Waals surface area contributed by atoms with Crippen LogP contribution in [0.4, 0.5) is 0 Å². The Morgan fingerprint density at radius 2 is 2.04 bits per heavy atom. The summed E-state index contributed by atoms with van der Waals surface area (Å²) >= 11 is 0. The van der Waals surface area contributed by atoms with Gasteiger partial charge in [0, 0.05) is 37.7 Å². The Bertz CT molecular complexity index is 789. The molecule has 0 aromatic heterocycles. The molecular formula is C20H26N4O3. The molecule has 2 atom stereocenters. The Morgan fingerprint density at radius 1 is 1.26 bits per heavy atom. The van der Waals surface area contributed by atoms with Gasteiger partial charge in [0.2, 0.25) is 11.8 Å². The number of nitrogens with zero attached hydrogens (tertiary/aromatic N) is 2. The van der Waals surface area contributed by atoms with Gasteiger partial charge in [-0.15, -0.1) is 0 Å². The number of piperidine rings is 1. The summed E-state index contributed by atoms with van der Waals surface area (Å²) in [4.78, 5) is 40.4. The molecule has 0 radical (unpaired) electrons. The van der Waals surface area contributed by atoms with Crippen LogP contribution < -0.4 is 11.1 Å². The molecule has 4 rings (SSSR count). The predicted octanol–water partition coefficient (Wildman–Crippen LogP) is 0.617. The average Bonchev–Trinajstić information content (AvgIpc) is 3.41. The third kappa shape index (κ3) is 3.37. The summed E-state index contributed by atoms with van der Waals surface area (Å²) in [5, 5.41) is 2.35. The highest BCUT2D eigenvalue weighted by atomic mass is 16.2. The molecule has 0 bridgehead atoms. The van der Waals surface area contributed by atoms with Gasteiger partial charge in [0.15, 0.2) is 0 Å². The van der Waals surface area contributed by atoms with Gasteiger partial charge in [-0.1, -0.05) is 12.1 Å². The number of fused-ring (bicyclic) bond motifs is 1. The molecule has 1 aromatic carbocycles. The zero-order chi connectivity index (χ0) is 19.1. The number of nitrogens with one attached hydrogen (secondary N) is 1. The van der Waals surface area contributed by atoms with Crippen LogP contribution in [0.15, 0.2) is 18.2 Å². The van der Waals surface area contributed by atoms with Gasteiger partial charge in [-0.05, 0) is 49.4 Å². The van der Waals surface area contributed by atoms with E-state index < -0.39 is 6.04 Å². The number of carbonyl (C=O) groups excluding carboxylic acids is 3. The molecule has 144 valence electrons. The number of rotatable bonds is 6. The van der Waals surface area contributed by atoms with Gasteiger partial charge in [-0.2, -0.15) is 0 Å². The van der Waals surface area contributed by atoms with Crippen LogP contribution in [-0.2, 0) is 22.7 Å². The quantitative estimate of drug-likeness (QED) is 0.716. The Kier molecular flexibility index (Phi) is 4.74. The van der Waals surface area contributed by atoms with E-state index in [2.05, 4.69) is 23.3 Å². The van der Waals surface area contributed by atoms with Crippen LogP contribution in [-0.4, -0.2) is 53.2 Å². The maximum absolute atomic E-state index is 12.9. The molecule has 2 unspecified atom stereocenters. The molecule has 7 heteroatoms. The number of hydrogen-bond acceptors (Lipinski definition) is 5. The minimum absolute atomic E-state index is 0.124. The van der Waals surface area contributed by atoms with Crippen molar-refractivity contribution in [1.29, 1.82) is 0 Å². The number of benzene rings is 1. The number of hydrogen-bond donors (Lipinski definition) is 2. The monoisotopic (exact) mass is 370 g/mol. The van der Waals surface area contributed by atoms with Crippen LogP contribution in [0.1, 0.15) is 47.2 Å². The molecule has 27 heavy (non-hydrogen) atoms. The second-order valence-electron chi connectivity index (χ2n) is 7.90. The van der Waals surface area contributed by atoms with Crippen LogP contribution in [0.2, 0.25) is 0 Å². The number of likely N-dealkylation sites (N-methyl/N-ethyl adjacent to an activating group) is 1. The Morgan fingerprint density at radius 3 is 2.70 bits per heavy atom. The zero-order valence-corrected chi connectivity index (χ0v) is 15.6. The number of amides is 3. The molecule has 2 heterocycles. The first kappa shape index (κ1) is 18.1. The summed E-state index contributed by atoms with van der Waals surface area (Å²) in [5.74, 6) is -0.0847.